The molecule has 0 spiro atoms. The lowest BCUT2D eigenvalue weighted by Gasteiger charge is -2.30. The van der Waals surface area contributed by atoms with Crippen molar-refractivity contribution in [3.05, 3.63) is 129 Å². The number of hydrogen-bond donors (Lipinski definition) is 1. The van der Waals surface area contributed by atoms with Crippen LogP contribution in [0, 0.1) is 27.7 Å². The summed E-state index contributed by atoms with van der Waals surface area (Å²) >= 11 is 0. The van der Waals surface area contributed by atoms with E-state index in [0.717, 1.165) is 68.2 Å². The summed E-state index contributed by atoms with van der Waals surface area (Å²) in [6, 6.07) is 22.3. The molecule has 1 N–H and O–H groups in total. The number of esters is 1. The maximum absolute atomic E-state index is 12.8. The van der Waals surface area contributed by atoms with Gasteiger partial charge in [-0.2, -0.15) is 0 Å². The van der Waals surface area contributed by atoms with E-state index in [2.05, 4.69) is 0 Å². The van der Waals surface area contributed by atoms with Crippen LogP contribution in [0.5, 0.6) is 23.0 Å². The van der Waals surface area contributed by atoms with Gasteiger partial charge in [-0.05, 0) is 233 Å². The van der Waals surface area contributed by atoms with Crippen molar-refractivity contribution in [1.29, 1.82) is 0 Å². The second-order valence-electron chi connectivity index (χ2n) is 21.5. The van der Waals surface area contributed by atoms with Gasteiger partial charge in [-0.25, -0.2) is 9.59 Å². The number of rotatable bonds is 26. The molecule has 0 aromatic heterocycles. The molecule has 0 aliphatic carbocycles. The van der Waals surface area contributed by atoms with Crippen LogP contribution in [0.2, 0.25) is 0 Å². The fourth-order valence-electron chi connectivity index (χ4n) is 8.26. The lowest BCUT2D eigenvalue weighted by Crippen LogP contribution is -2.43. The summed E-state index contributed by atoms with van der Waals surface area (Å²) in [4.78, 5) is 49.5. The molecule has 6 rings (SSSR count). The van der Waals surface area contributed by atoms with E-state index in [1.54, 1.807) is 50.3 Å². The van der Waals surface area contributed by atoms with Crippen molar-refractivity contribution in [2.24, 2.45) is 0 Å². The molecular weight excluding hydrogens is 1030 g/mol. The molecular formula is C62H80O10S4. The topological polar surface area (TPSA) is 135 Å². The van der Waals surface area contributed by atoms with Crippen LogP contribution < -0.4 is 18.9 Å². The standard InChI is InChI=1S/C33H44O5S2.C29H36O5S2/c1-23-21-25(22-24(2)30(23)37-33(6,7)31(35)38-32(3,4)5)12-17-29(34)26-13-15-27(16-14-26)36-19-10-8-9-11-28-18-20-39-40-28;1-20-18-22(19-21(2)27(20)34-29(3,4)28(31)32)9-14-26(30)23-10-12-24(13-11-23)33-16-7-5-6-8-25-15-17-35-36-25/h12-17,21-22,28H,8-11,18-20H2,1-7H3;9-14,18-19,25H,5-8,15-17H2,1-4H3,(H,31,32)/b17-12+;14-9+. The highest BCUT2D eigenvalue weighted by atomic mass is 33.1. The highest BCUT2D eigenvalue weighted by Gasteiger charge is 2.36. The van der Waals surface area contributed by atoms with E-state index in [1.807, 2.05) is 152 Å². The van der Waals surface area contributed by atoms with Gasteiger partial charge in [-0.15, -0.1) is 0 Å². The van der Waals surface area contributed by atoms with E-state index >= 15 is 0 Å². The predicted molar refractivity (Wildman–Crippen MR) is 319 cm³/mol. The van der Waals surface area contributed by atoms with Gasteiger partial charge in [0.1, 0.15) is 28.6 Å². The molecule has 412 valence electrons. The first-order valence-electron chi connectivity index (χ1n) is 26.5. The Labute approximate surface area is 468 Å². The Balaban J connectivity index is 0.000000282. The van der Waals surface area contributed by atoms with E-state index in [9.17, 15) is 24.3 Å². The van der Waals surface area contributed by atoms with Crippen molar-refractivity contribution in [3.63, 3.8) is 0 Å². The molecule has 14 heteroatoms. The third-order valence-electron chi connectivity index (χ3n) is 12.6. The molecule has 4 aromatic rings. The van der Waals surface area contributed by atoms with Crippen molar-refractivity contribution >= 4 is 78.8 Å². The number of allylic oxidation sites excluding steroid dienone is 2. The van der Waals surface area contributed by atoms with Gasteiger partial charge in [0.05, 0.1) is 13.2 Å². The SMILES string of the molecule is Cc1cc(/C=C/C(=O)c2ccc(OCCCCCC3CCSS3)cc2)cc(C)c1OC(C)(C)C(=O)O.Cc1cc(/C=C/C(=O)c2ccc(OCCCCCC3CCSS3)cc2)cc(C)c1OC(C)(C)C(=O)OC(C)(C)C. The first-order chi connectivity index (χ1) is 36.0. The minimum absolute atomic E-state index is 0.0730. The number of carboxylic acids is 1. The average molecular weight is 1110 g/mol. The molecule has 0 saturated carbocycles. The lowest BCUT2D eigenvalue weighted by molar-refractivity contribution is -0.171. The number of benzene rings is 4. The summed E-state index contributed by atoms with van der Waals surface area (Å²) < 4.78 is 29.1. The van der Waals surface area contributed by atoms with Gasteiger partial charge in [-0.3, -0.25) is 9.59 Å². The summed E-state index contributed by atoms with van der Waals surface area (Å²) in [7, 11) is 8.09. The number of hydrogen-bond acceptors (Lipinski definition) is 13. The molecule has 2 saturated heterocycles. The third-order valence-corrected chi connectivity index (χ3v) is 18.6. The highest BCUT2D eigenvalue weighted by molar-refractivity contribution is 8.77. The molecule has 2 unspecified atom stereocenters. The molecule has 4 aromatic carbocycles. The van der Waals surface area contributed by atoms with Gasteiger partial charge in [0.2, 0.25) is 0 Å². The van der Waals surface area contributed by atoms with E-state index in [4.69, 9.17) is 23.7 Å². The molecule has 10 nitrogen and oxygen atoms in total. The van der Waals surface area contributed by atoms with Gasteiger partial charge in [0, 0.05) is 33.1 Å². The zero-order valence-corrected chi connectivity index (χ0v) is 49.8. The normalized spacial score (nSPS) is 15.8. The fraction of sp³-hybridized carbons (Fsp3) is 0.484. The minimum atomic E-state index is -1.33. The number of ketones is 2. The largest absolute Gasteiger partial charge is 0.494 e. The molecule has 0 amide bonds. The molecule has 2 heterocycles. The van der Waals surface area contributed by atoms with Crippen LogP contribution in [0.3, 0.4) is 0 Å². The monoisotopic (exact) mass is 1110 g/mol. The van der Waals surface area contributed by atoms with Crippen LogP contribution in [0.25, 0.3) is 12.2 Å². The summed E-state index contributed by atoms with van der Waals surface area (Å²) in [5.41, 5.74) is 3.27. The average Bonchev–Trinajstić information content (AvgIpc) is 4.10. The number of carbonyl (C=O) groups excluding carboxylic acids is 3. The molecule has 2 aliphatic rings. The Morgan fingerprint density at radius 3 is 1.28 bits per heavy atom. The van der Waals surface area contributed by atoms with Crippen molar-refractivity contribution in [2.75, 3.05) is 24.7 Å². The van der Waals surface area contributed by atoms with Crippen LogP contribution in [-0.2, 0) is 14.3 Å². The quantitative estimate of drug-likeness (QED) is 0.0210. The Morgan fingerprint density at radius 1 is 0.553 bits per heavy atom. The Hall–Kier alpha value is -4.76. The van der Waals surface area contributed by atoms with Gasteiger partial charge in [0.15, 0.2) is 22.8 Å². The first kappa shape index (κ1) is 62.1. The number of aliphatic carboxylic acids is 1. The molecule has 0 bridgehead atoms. The van der Waals surface area contributed by atoms with Crippen molar-refractivity contribution in [3.8, 4) is 23.0 Å². The second-order valence-corrected chi connectivity index (χ2v) is 27.1. The number of unbranched alkanes of at least 4 members (excludes halogenated alkanes) is 4. The fourth-order valence-corrected chi connectivity index (χ4v) is 14.3. The molecule has 0 radical (unpaired) electrons. The summed E-state index contributed by atoms with van der Waals surface area (Å²) in [6.07, 6.45) is 19.0. The zero-order chi connectivity index (χ0) is 55.5. The molecule has 2 fully saturated rings. The summed E-state index contributed by atoms with van der Waals surface area (Å²) in [5, 5.41) is 11.0. The molecule has 2 atom stereocenters. The van der Waals surface area contributed by atoms with Crippen LogP contribution in [-0.4, -0.2) is 80.6 Å². The van der Waals surface area contributed by atoms with Crippen molar-refractivity contribution in [1.82, 2.24) is 0 Å². The summed E-state index contributed by atoms with van der Waals surface area (Å²) in [5.74, 6) is 3.75. The lowest BCUT2D eigenvalue weighted by atomic mass is 10.0. The van der Waals surface area contributed by atoms with Crippen LogP contribution in [0.15, 0.2) is 84.9 Å². The Kier molecular flexibility index (Phi) is 24.4. The van der Waals surface area contributed by atoms with Crippen LogP contribution >= 0.6 is 43.2 Å². The summed E-state index contributed by atoms with van der Waals surface area (Å²) in [6.45, 7) is 21.0. The van der Waals surface area contributed by atoms with E-state index in [0.29, 0.717) is 35.8 Å². The van der Waals surface area contributed by atoms with E-state index in [-0.39, 0.29) is 11.6 Å². The highest BCUT2D eigenvalue weighted by Crippen LogP contribution is 2.41. The first-order valence-corrected chi connectivity index (χ1v) is 31.3. The molecule has 76 heavy (non-hydrogen) atoms. The number of aryl methyl sites for hydroxylation is 4. The Bertz CT molecular complexity index is 2560. The maximum atomic E-state index is 12.8. The van der Waals surface area contributed by atoms with Crippen LogP contribution in [0.4, 0.5) is 0 Å². The minimum Gasteiger partial charge on any atom is -0.494 e. The Morgan fingerprint density at radius 2 is 0.934 bits per heavy atom. The zero-order valence-electron chi connectivity index (χ0n) is 46.5. The predicted octanol–water partition coefficient (Wildman–Crippen LogP) is 16.3. The van der Waals surface area contributed by atoms with Crippen molar-refractivity contribution in [2.45, 2.75) is 168 Å². The third kappa shape index (κ3) is 20.9. The van der Waals surface area contributed by atoms with Gasteiger partial charge in [0.25, 0.3) is 0 Å². The van der Waals surface area contributed by atoms with Crippen molar-refractivity contribution < 1.29 is 48.0 Å². The maximum Gasteiger partial charge on any atom is 0.350 e. The van der Waals surface area contributed by atoms with Gasteiger partial charge < -0.3 is 28.8 Å². The van der Waals surface area contributed by atoms with Crippen LogP contribution in [0.1, 0.15) is 167 Å². The van der Waals surface area contributed by atoms with Gasteiger partial charge in [-0.1, -0.05) is 81.0 Å². The van der Waals surface area contributed by atoms with E-state index in [1.165, 1.54) is 76.7 Å². The van der Waals surface area contributed by atoms with E-state index < -0.39 is 28.7 Å². The smallest absolute Gasteiger partial charge is 0.350 e. The number of carbonyl (C=O) groups is 4. The van der Waals surface area contributed by atoms with Gasteiger partial charge >= 0.3 is 11.9 Å². The number of carboxylic acid groups (broad SMARTS) is 1. The second kappa shape index (κ2) is 29.8. The molecule has 2 aliphatic heterocycles. The number of ether oxygens (including phenoxy) is 5.